The number of rotatable bonds is 4. The zero-order chi connectivity index (χ0) is 13.0. The largest absolute Gasteiger partial charge is 0.395 e. The standard InChI is InChI=1S/C10H16N4O2S/c1-4-12-10(16)8-6(11)7(14-17-8)9(15)13-5(2)3/h5H,4,11H2,1-3H3,(H,12,16)(H,13,15). The normalized spacial score (nSPS) is 10.4. The van der Waals surface area contributed by atoms with Gasteiger partial charge >= 0.3 is 0 Å². The molecule has 0 saturated heterocycles. The summed E-state index contributed by atoms with van der Waals surface area (Å²) in [5.74, 6) is -0.657. The van der Waals surface area contributed by atoms with Crippen molar-refractivity contribution in [1.29, 1.82) is 0 Å². The minimum absolute atomic E-state index is 0.00322. The van der Waals surface area contributed by atoms with E-state index in [0.29, 0.717) is 6.54 Å². The van der Waals surface area contributed by atoms with Gasteiger partial charge in [0, 0.05) is 12.6 Å². The zero-order valence-electron chi connectivity index (χ0n) is 10.0. The van der Waals surface area contributed by atoms with Crippen LogP contribution in [0.25, 0.3) is 0 Å². The van der Waals surface area contributed by atoms with E-state index in [1.807, 2.05) is 20.8 Å². The second-order valence-electron chi connectivity index (χ2n) is 3.76. The number of nitrogens with two attached hydrogens (primary N) is 1. The van der Waals surface area contributed by atoms with Gasteiger partial charge in [0.25, 0.3) is 11.8 Å². The van der Waals surface area contributed by atoms with E-state index in [1.54, 1.807) is 0 Å². The summed E-state index contributed by atoms with van der Waals surface area (Å²) in [6.07, 6.45) is 0. The van der Waals surface area contributed by atoms with Crippen molar-refractivity contribution in [2.24, 2.45) is 0 Å². The van der Waals surface area contributed by atoms with Crippen molar-refractivity contribution in [3.63, 3.8) is 0 Å². The summed E-state index contributed by atoms with van der Waals surface area (Å²) in [7, 11) is 0. The number of hydrogen-bond acceptors (Lipinski definition) is 5. The minimum atomic E-state index is -0.357. The minimum Gasteiger partial charge on any atom is -0.395 e. The second-order valence-corrected chi connectivity index (χ2v) is 4.53. The molecular weight excluding hydrogens is 240 g/mol. The smallest absolute Gasteiger partial charge is 0.273 e. The highest BCUT2D eigenvalue weighted by Gasteiger charge is 2.21. The molecule has 1 rings (SSSR count). The summed E-state index contributed by atoms with van der Waals surface area (Å²) < 4.78 is 3.92. The van der Waals surface area contributed by atoms with E-state index < -0.39 is 0 Å². The Morgan fingerprint density at radius 3 is 2.59 bits per heavy atom. The summed E-state index contributed by atoms with van der Waals surface area (Å²) in [6, 6.07) is -0.00322. The van der Waals surface area contributed by atoms with Crippen LogP contribution in [0.3, 0.4) is 0 Å². The van der Waals surface area contributed by atoms with E-state index in [2.05, 4.69) is 15.0 Å². The highest BCUT2D eigenvalue weighted by Crippen LogP contribution is 2.21. The predicted octanol–water partition coefficient (Wildman–Crippen LogP) is 0.613. The molecule has 0 saturated carbocycles. The van der Waals surface area contributed by atoms with Gasteiger partial charge in [0.15, 0.2) is 5.69 Å². The summed E-state index contributed by atoms with van der Waals surface area (Å²) in [6.45, 7) is 5.99. The fourth-order valence-corrected chi connectivity index (χ4v) is 1.91. The van der Waals surface area contributed by atoms with Crippen molar-refractivity contribution in [3.8, 4) is 0 Å². The molecule has 0 bridgehead atoms. The third-order valence-electron chi connectivity index (χ3n) is 1.91. The van der Waals surface area contributed by atoms with Crippen LogP contribution in [0.15, 0.2) is 0 Å². The molecule has 4 N–H and O–H groups in total. The number of nitrogen functional groups attached to an aromatic ring is 1. The first kappa shape index (κ1) is 13.4. The highest BCUT2D eigenvalue weighted by atomic mass is 32.1. The van der Waals surface area contributed by atoms with Gasteiger partial charge in [-0.3, -0.25) is 9.59 Å². The van der Waals surface area contributed by atoms with Gasteiger partial charge in [0.2, 0.25) is 0 Å². The molecule has 17 heavy (non-hydrogen) atoms. The molecule has 7 heteroatoms. The summed E-state index contributed by atoms with van der Waals surface area (Å²) in [5.41, 5.74) is 5.99. The van der Waals surface area contributed by atoms with Gasteiger partial charge < -0.3 is 16.4 Å². The number of nitrogens with zero attached hydrogens (tertiary/aromatic N) is 1. The highest BCUT2D eigenvalue weighted by molar-refractivity contribution is 7.09. The van der Waals surface area contributed by atoms with E-state index in [1.165, 1.54) is 0 Å². The van der Waals surface area contributed by atoms with Crippen molar-refractivity contribution < 1.29 is 9.59 Å². The Kier molecular flexibility index (Phi) is 4.45. The SMILES string of the molecule is CCNC(=O)c1snc(C(=O)NC(C)C)c1N. The lowest BCUT2D eigenvalue weighted by Gasteiger charge is -2.06. The summed E-state index contributed by atoms with van der Waals surface area (Å²) >= 11 is 0.932. The molecule has 0 radical (unpaired) electrons. The topological polar surface area (TPSA) is 97.1 Å². The maximum atomic E-state index is 11.7. The van der Waals surface area contributed by atoms with Crippen molar-refractivity contribution in [1.82, 2.24) is 15.0 Å². The van der Waals surface area contributed by atoms with E-state index in [9.17, 15) is 9.59 Å². The van der Waals surface area contributed by atoms with Gasteiger partial charge in [-0.15, -0.1) is 0 Å². The molecule has 0 aromatic carbocycles. The third-order valence-corrected chi connectivity index (χ3v) is 2.77. The van der Waals surface area contributed by atoms with Gasteiger partial charge in [-0.05, 0) is 32.3 Å². The second kappa shape index (κ2) is 5.62. The van der Waals surface area contributed by atoms with Crippen LogP contribution in [0.5, 0.6) is 0 Å². The van der Waals surface area contributed by atoms with Crippen LogP contribution in [0.4, 0.5) is 5.69 Å². The fraction of sp³-hybridized carbons (Fsp3) is 0.500. The molecule has 94 valence electrons. The van der Waals surface area contributed by atoms with Crippen LogP contribution in [0.1, 0.15) is 40.9 Å². The van der Waals surface area contributed by atoms with Crippen LogP contribution in [-0.4, -0.2) is 28.8 Å². The van der Waals surface area contributed by atoms with Crippen molar-refractivity contribution in [2.45, 2.75) is 26.8 Å². The fourth-order valence-electron chi connectivity index (χ4n) is 1.20. The van der Waals surface area contributed by atoms with Crippen molar-refractivity contribution in [3.05, 3.63) is 10.6 Å². The number of carbonyl (C=O) groups is 2. The Morgan fingerprint density at radius 1 is 1.41 bits per heavy atom. The lowest BCUT2D eigenvalue weighted by Crippen LogP contribution is -2.31. The molecule has 1 aromatic heterocycles. The molecule has 0 aliphatic rings. The summed E-state index contributed by atoms with van der Waals surface area (Å²) in [4.78, 5) is 23.5. The molecule has 0 aliphatic carbocycles. The van der Waals surface area contributed by atoms with Gasteiger partial charge in [-0.2, -0.15) is 4.37 Å². The summed E-state index contributed by atoms with van der Waals surface area (Å²) in [5, 5.41) is 5.29. The Hall–Kier alpha value is -1.63. The molecule has 1 heterocycles. The number of nitrogens with one attached hydrogen (secondary N) is 2. The quantitative estimate of drug-likeness (QED) is 0.735. The van der Waals surface area contributed by atoms with Gasteiger partial charge in [0.05, 0.1) is 5.69 Å². The molecule has 0 fully saturated rings. The molecule has 2 amide bonds. The lowest BCUT2D eigenvalue weighted by molar-refractivity contribution is 0.0939. The first-order valence-corrected chi connectivity index (χ1v) is 6.08. The molecule has 0 aliphatic heterocycles. The number of anilines is 1. The third kappa shape index (κ3) is 3.16. The first-order valence-electron chi connectivity index (χ1n) is 5.31. The molecular formula is C10H16N4O2S. The maximum absolute atomic E-state index is 11.7. The van der Waals surface area contributed by atoms with Gasteiger partial charge in [-0.25, -0.2) is 0 Å². The zero-order valence-corrected chi connectivity index (χ0v) is 10.9. The Morgan fingerprint density at radius 2 is 2.06 bits per heavy atom. The van der Waals surface area contributed by atoms with Crippen LogP contribution in [-0.2, 0) is 0 Å². The van der Waals surface area contributed by atoms with Gasteiger partial charge in [-0.1, -0.05) is 0 Å². The van der Waals surface area contributed by atoms with Crippen molar-refractivity contribution >= 4 is 29.0 Å². The van der Waals surface area contributed by atoms with E-state index in [4.69, 9.17) is 5.73 Å². The monoisotopic (exact) mass is 256 g/mol. The van der Waals surface area contributed by atoms with Crippen LogP contribution in [0.2, 0.25) is 0 Å². The first-order chi connectivity index (χ1) is 7.97. The molecule has 0 unspecified atom stereocenters. The number of hydrogen-bond donors (Lipinski definition) is 3. The Balaban J connectivity index is 2.91. The molecule has 0 atom stereocenters. The van der Waals surface area contributed by atoms with E-state index in [0.717, 1.165) is 11.5 Å². The van der Waals surface area contributed by atoms with Crippen LogP contribution < -0.4 is 16.4 Å². The predicted molar refractivity (Wildman–Crippen MR) is 67.1 cm³/mol. The average Bonchev–Trinajstić information content (AvgIpc) is 2.59. The van der Waals surface area contributed by atoms with Crippen molar-refractivity contribution in [2.75, 3.05) is 12.3 Å². The Labute approximate surface area is 104 Å². The molecule has 6 nitrogen and oxygen atoms in total. The van der Waals surface area contributed by atoms with Crippen LogP contribution in [0, 0.1) is 0 Å². The van der Waals surface area contributed by atoms with Crippen LogP contribution >= 0.6 is 11.5 Å². The van der Waals surface area contributed by atoms with Gasteiger partial charge in [0.1, 0.15) is 4.88 Å². The van der Waals surface area contributed by atoms with E-state index >= 15 is 0 Å². The number of carbonyl (C=O) groups excluding carboxylic acids is 2. The number of amides is 2. The molecule has 0 spiro atoms. The number of aromatic nitrogens is 1. The lowest BCUT2D eigenvalue weighted by atomic mass is 10.2. The van der Waals surface area contributed by atoms with E-state index in [-0.39, 0.29) is 34.1 Å². The Bertz CT molecular complexity index is 428. The average molecular weight is 256 g/mol. The maximum Gasteiger partial charge on any atom is 0.273 e. The molecule has 1 aromatic rings.